The van der Waals surface area contributed by atoms with Gasteiger partial charge in [0.1, 0.15) is 17.3 Å². The van der Waals surface area contributed by atoms with Gasteiger partial charge in [0.15, 0.2) is 11.6 Å². The van der Waals surface area contributed by atoms with Crippen LogP contribution >= 0.6 is 0 Å². The van der Waals surface area contributed by atoms with Crippen molar-refractivity contribution in [2.75, 3.05) is 7.11 Å². The minimum atomic E-state index is -0.251. The number of ketones is 2. The summed E-state index contributed by atoms with van der Waals surface area (Å²) in [5, 5.41) is 0. The molecule has 1 heterocycles. The molecule has 0 fully saturated rings. The lowest BCUT2D eigenvalue weighted by Crippen LogP contribution is -2.10. The molecular weight excluding hydrogens is 268 g/mol. The molecular formula is C17H18O4. The Balaban J connectivity index is 2.24. The zero-order valence-electron chi connectivity index (χ0n) is 12.6. The average Bonchev–Trinajstić information content (AvgIpc) is 2.77. The standard InChI is InChI=1S/C17H18O4/c1-10-5-6-17(20-4)14(7-10)16(19)9-15(18)13-8-11(2)21-12(13)3/h5-8H,9H2,1-4H3. The van der Waals surface area contributed by atoms with Gasteiger partial charge in [0.05, 0.1) is 24.7 Å². The highest BCUT2D eigenvalue weighted by Crippen LogP contribution is 2.23. The van der Waals surface area contributed by atoms with Crippen LogP contribution in [0.3, 0.4) is 0 Å². The summed E-state index contributed by atoms with van der Waals surface area (Å²) in [5.74, 6) is 1.20. The average molecular weight is 286 g/mol. The Labute approximate surface area is 123 Å². The molecule has 2 aromatic rings. The number of hydrogen-bond donors (Lipinski definition) is 0. The molecule has 2 rings (SSSR count). The first-order valence-electron chi connectivity index (χ1n) is 6.70. The molecule has 0 bridgehead atoms. The van der Waals surface area contributed by atoms with Crippen LogP contribution in [-0.2, 0) is 0 Å². The van der Waals surface area contributed by atoms with E-state index in [4.69, 9.17) is 9.15 Å². The van der Waals surface area contributed by atoms with Gasteiger partial charge in [0.25, 0.3) is 0 Å². The van der Waals surface area contributed by atoms with Crippen LogP contribution < -0.4 is 4.74 Å². The monoisotopic (exact) mass is 286 g/mol. The highest BCUT2D eigenvalue weighted by atomic mass is 16.5. The first kappa shape index (κ1) is 15.0. The van der Waals surface area contributed by atoms with Crippen molar-refractivity contribution in [3.05, 3.63) is 52.5 Å². The summed E-state index contributed by atoms with van der Waals surface area (Å²) in [7, 11) is 1.51. The molecule has 0 aliphatic rings. The number of aryl methyl sites for hydroxylation is 3. The number of methoxy groups -OCH3 is 1. The fourth-order valence-electron chi connectivity index (χ4n) is 2.28. The summed E-state index contributed by atoms with van der Waals surface area (Å²) in [6, 6.07) is 7.00. The van der Waals surface area contributed by atoms with Crippen LogP contribution in [0.5, 0.6) is 5.75 Å². The summed E-state index contributed by atoms with van der Waals surface area (Å²) >= 11 is 0. The zero-order valence-corrected chi connectivity index (χ0v) is 12.6. The minimum absolute atomic E-state index is 0.195. The van der Waals surface area contributed by atoms with Crippen molar-refractivity contribution >= 4 is 11.6 Å². The number of benzene rings is 1. The second-order valence-electron chi connectivity index (χ2n) is 5.05. The number of furan rings is 1. The smallest absolute Gasteiger partial charge is 0.174 e. The van der Waals surface area contributed by atoms with Crippen molar-refractivity contribution in [2.45, 2.75) is 27.2 Å². The van der Waals surface area contributed by atoms with Gasteiger partial charge in [0, 0.05) is 0 Å². The molecule has 110 valence electrons. The van der Waals surface area contributed by atoms with E-state index in [0.29, 0.717) is 28.4 Å². The van der Waals surface area contributed by atoms with Gasteiger partial charge in [-0.3, -0.25) is 9.59 Å². The summed E-state index contributed by atoms with van der Waals surface area (Å²) in [5.41, 5.74) is 1.85. The lowest BCUT2D eigenvalue weighted by molar-refractivity contribution is 0.0892. The molecule has 0 aliphatic carbocycles. The largest absolute Gasteiger partial charge is 0.496 e. The lowest BCUT2D eigenvalue weighted by Gasteiger charge is -2.08. The predicted molar refractivity (Wildman–Crippen MR) is 79.2 cm³/mol. The predicted octanol–water partition coefficient (Wildman–Crippen LogP) is 3.67. The number of carbonyl (C=O) groups is 2. The lowest BCUT2D eigenvalue weighted by atomic mass is 10.00. The minimum Gasteiger partial charge on any atom is -0.496 e. The van der Waals surface area contributed by atoms with E-state index in [0.717, 1.165) is 5.56 Å². The fourth-order valence-corrected chi connectivity index (χ4v) is 2.28. The van der Waals surface area contributed by atoms with E-state index in [1.54, 1.807) is 32.0 Å². The third kappa shape index (κ3) is 3.21. The van der Waals surface area contributed by atoms with Gasteiger partial charge in [0.2, 0.25) is 0 Å². The van der Waals surface area contributed by atoms with Crippen molar-refractivity contribution in [3.8, 4) is 5.75 Å². The molecule has 0 spiro atoms. The van der Waals surface area contributed by atoms with Gasteiger partial charge >= 0.3 is 0 Å². The van der Waals surface area contributed by atoms with Crippen LogP contribution in [0.15, 0.2) is 28.7 Å². The van der Waals surface area contributed by atoms with Gasteiger partial charge in [-0.2, -0.15) is 0 Å². The summed E-state index contributed by atoms with van der Waals surface area (Å²) in [6.45, 7) is 5.38. The Bertz CT molecular complexity index is 695. The van der Waals surface area contributed by atoms with Crippen LogP contribution in [0.2, 0.25) is 0 Å². The Hall–Kier alpha value is -2.36. The summed E-state index contributed by atoms with van der Waals surface area (Å²) in [6.07, 6.45) is -0.195. The highest BCUT2D eigenvalue weighted by Gasteiger charge is 2.20. The fraction of sp³-hybridized carbons (Fsp3) is 0.294. The van der Waals surface area contributed by atoms with E-state index in [-0.39, 0.29) is 18.0 Å². The topological polar surface area (TPSA) is 56.5 Å². The van der Waals surface area contributed by atoms with E-state index in [9.17, 15) is 9.59 Å². The molecule has 0 aliphatic heterocycles. The van der Waals surface area contributed by atoms with Crippen molar-refractivity contribution in [3.63, 3.8) is 0 Å². The first-order valence-corrected chi connectivity index (χ1v) is 6.70. The number of ether oxygens (including phenoxy) is 1. The SMILES string of the molecule is COc1ccc(C)cc1C(=O)CC(=O)c1cc(C)oc1C. The molecule has 0 N–H and O–H groups in total. The van der Waals surface area contributed by atoms with Crippen molar-refractivity contribution in [1.29, 1.82) is 0 Å². The van der Waals surface area contributed by atoms with Crippen molar-refractivity contribution < 1.29 is 18.7 Å². The molecule has 4 heteroatoms. The highest BCUT2D eigenvalue weighted by molar-refractivity contribution is 6.14. The molecule has 1 aromatic carbocycles. The van der Waals surface area contributed by atoms with Gasteiger partial charge in [-0.1, -0.05) is 11.6 Å². The van der Waals surface area contributed by atoms with Crippen LogP contribution in [0, 0.1) is 20.8 Å². The Morgan fingerprint density at radius 2 is 1.71 bits per heavy atom. The summed E-state index contributed by atoms with van der Waals surface area (Å²) < 4.78 is 10.5. The second-order valence-corrected chi connectivity index (χ2v) is 5.05. The summed E-state index contributed by atoms with van der Waals surface area (Å²) in [4.78, 5) is 24.6. The van der Waals surface area contributed by atoms with Gasteiger partial charge in [-0.15, -0.1) is 0 Å². The van der Waals surface area contributed by atoms with E-state index < -0.39 is 0 Å². The molecule has 4 nitrogen and oxygen atoms in total. The number of hydrogen-bond acceptors (Lipinski definition) is 4. The normalized spacial score (nSPS) is 10.5. The molecule has 0 saturated heterocycles. The van der Waals surface area contributed by atoms with Gasteiger partial charge < -0.3 is 9.15 Å². The van der Waals surface area contributed by atoms with E-state index >= 15 is 0 Å². The molecule has 0 radical (unpaired) electrons. The second kappa shape index (κ2) is 5.95. The van der Waals surface area contributed by atoms with Crippen LogP contribution in [0.4, 0.5) is 0 Å². The van der Waals surface area contributed by atoms with Crippen LogP contribution in [0.1, 0.15) is 44.2 Å². The van der Waals surface area contributed by atoms with Crippen molar-refractivity contribution in [2.24, 2.45) is 0 Å². The Morgan fingerprint density at radius 3 is 2.29 bits per heavy atom. The van der Waals surface area contributed by atoms with Gasteiger partial charge in [-0.25, -0.2) is 0 Å². The third-order valence-electron chi connectivity index (χ3n) is 3.32. The first-order chi connectivity index (χ1) is 9.92. The third-order valence-corrected chi connectivity index (χ3v) is 3.32. The van der Waals surface area contributed by atoms with Gasteiger partial charge in [-0.05, 0) is 39.0 Å². The maximum absolute atomic E-state index is 12.3. The van der Waals surface area contributed by atoms with E-state index in [2.05, 4.69) is 0 Å². The quantitative estimate of drug-likeness (QED) is 0.621. The van der Waals surface area contributed by atoms with Crippen LogP contribution in [0.25, 0.3) is 0 Å². The Morgan fingerprint density at radius 1 is 1.05 bits per heavy atom. The molecule has 1 aromatic heterocycles. The molecule has 0 unspecified atom stereocenters. The van der Waals surface area contributed by atoms with Crippen LogP contribution in [-0.4, -0.2) is 18.7 Å². The Kier molecular flexibility index (Phi) is 4.26. The maximum atomic E-state index is 12.3. The zero-order chi connectivity index (χ0) is 15.6. The maximum Gasteiger partial charge on any atom is 0.174 e. The number of rotatable bonds is 5. The van der Waals surface area contributed by atoms with Crippen molar-refractivity contribution in [1.82, 2.24) is 0 Å². The molecule has 0 atom stereocenters. The van der Waals surface area contributed by atoms with E-state index in [1.165, 1.54) is 7.11 Å². The molecule has 21 heavy (non-hydrogen) atoms. The number of carbonyl (C=O) groups excluding carboxylic acids is 2. The molecule has 0 amide bonds. The van der Waals surface area contributed by atoms with E-state index in [1.807, 2.05) is 13.0 Å². The molecule has 0 saturated carbocycles. The number of Topliss-reactive ketones (excluding diaryl/α,β-unsaturated/α-hetero) is 2.